The van der Waals surface area contributed by atoms with E-state index in [2.05, 4.69) is 30.1 Å². The Balaban J connectivity index is 2.15. The summed E-state index contributed by atoms with van der Waals surface area (Å²) in [5.41, 5.74) is 12.4. The van der Waals surface area contributed by atoms with E-state index in [0.717, 1.165) is 51.8 Å². The maximum Gasteiger partial charge on any atom is 0.0718 e. The Labute approximate surface area is 136 Å². The highest BCUT2D eigenvalue weighted by Gasteiger charge is 2.10. The van der Waals surface area contributed by atoms with E-state index >= 15 is 0 Å². The molecule has 0 aliphatic heterocycles. The fourth-order valence-electron chi connectivity index (χ4n) is 2.89. The van der Waals surface area contributed by atoms with Gasteiger partial charge in [-0.2, -0.15) is 0 Å². The predicted molar refractivity (Wildman–Crippen MR) is 98.1 cm³/mol. The van der Waals surface area contributed by atoms with Crippen molar-refractivity contribution in [3.63, 3.8) is 0 Å². The highest BCUT2D eigenvalue weighted by atomic mass is 14.7. The Morgan fingerprint density at radius 3 is 2.61 bits per heavy atom. The molecule has 2 aromatic carbocycles. The Bertz CT molecular complexity index is 881. The summed E-state index contributed by atoms with van der Waals surface area (Å²) in [6, 6.07) is 16.1. The molecule has 3 aromatic rings. The van der Waals surface area contributed by atoms with Crippen molar-refractivity contribution in [2.75, 3.05) is 5.73 Å². The molecule has 0 saturated carbocycles. The Morgan fingerprint density at radius 1 is 1.09 bits per heavy atom. The van der Waals surface area contributed by atoms with Crippen LogP contribution in [0.1, 0.15) is 31.0 Å². The van der Waals surface area contributed by atoms with Crippen molar-refractivity contribution in [3.8, 4) is 11.1 Å². The van der Waals surface area contributed by atoms with Crippen LogP contribution in [0.3, 0.4) is 0 Å². The molecule has 0 amide bonds. The third-order valence-corrected chi connectivity index (χ3v) is 3.98. The molecule has 0 spiro atoms. The molecule has 1 heterocycles. The summed E-state index contributed by atoms with van der Waals surface area (Å²) in [6.07, 6.45) is 1.76. The van der Waals surface area contributed by atoms with Crippen molar-refractivity contribution in [1.29, 1.82) is 5.41 Å². The van der Waals surface area contributed by atoms with Gasteiger partial charge in [0.05, 0.1) is 5.52 Å². The number of hydrogen-bond acceptors (Lipinski definition) is 3. The molecule has 3 N–H and O–H groups in total. The van der Waals surface area contributed by atoms with E-state index < -0.39 is 0 Å². The average Bonchev–Trinajstić information content (AvgIpc) is 2.53. The van der Waals surface area contributed by atoms with Crippen LogP contribution in [0, 0.1) is 12.3 Å². The molecular weight excluding hydrogens is 282 g/mol. The van der Waals surface area contributed by atoms with Crippen molar-refractivity contribution in [2.45, 2.75) is 26.7 Å². The number of benzene rings is 2. The summed E-state index contributed by atoms with van der Waals surface area (Å²) in [6.45, 7) is 4.08. The lowest BCUT2D eigenvalue weighted by molar-refractivity contribution is 0.986. The van der Waals surface area contributed by atoms with Gasteiger partial charge in [-0.15, -0.1) is 0 Å². The van der Waals surface area contributed by atoms with Crippen LogP contribution in [0.4, 0.5) is 5.69 Å². The monoisotopic (exact) mass is 303 g/mol. The van der Waals surface area contributed by atoms with Crippen molar-refractivity contribution >= 4 is 22.3 Å². The number of rotatable bonds is 4. The van der Waals surface area contributed by atoms with Gasteiger partial charge in [-0.1, -0.05) is 37.6 Å². The molecule has 3 heteroatoms. The zero-order chi connectivity index (χ0) is 16.4. The number of nitrogens with one attached hydrogen (secondary N) is 1. The number of hydrogen-bond donors (Lipinski definition) is 2. The van der Waals surface area contributed by atoms with Gasteiger partial charge in [0.25, 0.3) is 0 Å². The Morgan fingerprint density at radius 2 is 1.87 bits per heavy atom. The van der Waals surface area contributed by atoms with Gasteiger partial charge in [0.1, 0.15) is 0 Å². The standard InChI is InChI=1S/C20H21N3/c1-3-5-19(22)18-10-13(2)23-20-12-15(8-9-17(18)20)14-6-4-7-16(21)11-14/h4,6-12,22H,3,5,21H2,1-2H3. The topological polar surface area (TPSA) is 62.8 Å². The van der Waals surface area contributed by atoms with Gasteiger partial charge in [0.2, 0.25) is 0 Å². The van der Waals surface area contributed by atoms with Crippen LogP contribution in [-0.2, 0) is 0 Å². The number of nitrogen functional groups attached to an aromatic ring is 1. The molecule has 1 aromatic heterocycles. The molecule has 0 saturated heterocycles. The largest absolute Gasteiger partial charge is 0.399 e. The van der Waals surface area contributed by atoms with E-state index in [4.69, 9.17) is 11.1 Å². The first-order valence-electron chi connectivity index (χ1n) is 7.93. The summed E-state index contributed by atoms with van der Waals surface area (Å²) < 4.78 is 0. The number of aromatic nitrogens is 1. The van der Waals surface area contributed by atoms with Crippen LogP contribution in [0.2, 0.25) is 0 Å². The summed E-state index contributed by atoms with van der Waals surface area (Å²) >= 11 is 0. The van der Waals surface area contributed by atoms with E-state index in [1.165, 1.54) is 0 Å². The molecule has 0 radical (unpaired) electrons. The van der Waals surface area contributed by atoms with Gasteiger partial charge in [0, 0.05) is 28.0 Å². The van der Waals surface area contributed by atoms with E-state index in [9.17, 15) is 0 Å². The van der Waals surface area contributed by atoms with Crippen LogP contribution in [0.5, 0.6) is 0 Å². The smallest absolute Gasteiger partial charge is 0.0718 e. The molecule has 3 nitrogen and oxygen atoms in total. The number of aryl methyl sites for hydroxylation is 1. The van der Waals surface area contributed by atoms with Gasteiger partial charge in [-0.3, -0.25) is 4.98 Å². The number of anilines is 1. The van der Waals surface area contributed by atoms with Crippen LogP contribution in [-0.4, -0.2) is 10.7 Å². The molecule has 0 atom stereocenters. The lowest BCUT2D eigenvalue weighted by Crippen LogP contribution is -2.01. The molecule has 23 heavy (non-hydrogen) atoms. The van der Waals surface area contributed by atoms with Crippen LogP contribution in [0.25, 0.3) is 22.0 Å². The van der Waals surface area contributed by atoms with E-state index in [0.29, 0.717) is 5.71 Å². The highest BCUT2D eigenvalue weighted by Crippen LogP contribution is 2.27. The first-order chi connectivity index (χ1) is 11.1. The first-order valence-corrected chi connectivity index (χ1v) is 7.93. The molecular formula is C20H21N3. The maximum absolute atomic E-state index is 8.31. The summed E-state index contributed by atoms with van der Waals surface area (Å²) in [5, 5.41) is 9.35. The summed E-state index contributed by atoms with van der Waals surface area (Å²) in [4.78, 5) is 4.66. The van der Waals surface area contributed by atoms with E-state index in [1.54, 1.807) is 0 Å². The fraction of sp³-hybridized carbons (Fsp3) is 0.200. The van der Waals surface area contributed by atoms with Crippen molar-refractivity contribution in [1.82, 2.24) is 4.98 Å². The molecule has 3 rings (SSSR count). The average molecular weight is 303 g/mol. The third kappa shape index (κ3) is 3.09. The van der Waals surface area contributed by atoms with Gasteiger partial charge in [-0.25, -0.2) is 0 Å². The predicted octanol–water partition coefficient (Wildman–Crippen LogP) is 4.96. The van der Waals surface area contributed by atoms with Crippen molar-refractivity contribution in [3.05, 3.63) is 59.8 Å². The molecule has 0 aliphatic carbocycles. The van der Waals surface area contributed by atoms with Gasteiger partial charge in [-0.05, 0) is 48.7 Å². The third-order valence-electron chi connectivity index (χ3n) is 3.98. The second-order valence-electron chi connectivity index (χ2n) is 5.90. The second-order valence-corrected chi connectivity index (χ2v) is 5.90. The van der Waals surface area contributed by atoms with E-state index in [-0.39, 0.29) is 0 Å². The number of pyridine rings is 1. The number of nitrogens with zero attached hydrogens (tertiary/aromatic N) is 1. The minimum absolute atomic E-state index is 0.680. The van der Waals surface area contributed by atoms with Crippen molar-refractivity contribution in [2.24, 2.45) is 0 Å². The lowest BCUT2D eigenvalue weighted by Gasteiger charge is -2.11. The Kier molecular flexibility index (Phi) is 4.11. The molecule has 116 valence electrons. The molecule has 0 bridgehead atoms. The van der Waals surface area contributed by atoms with Crippen molar-refractivity contribution < 1.29 is 0 Å². The zero-order valence-electron chi connectivity index (χ0n) is 13.6. The minimum atomic E-state index is 0.680. The lowest BCUT2D eigenvalue weighted by atomic mass is 9.97. The van der Waals surface area contributed by atoms with Gasteiger partial charge >= 0.3 is 0 Å². The first kappa shape index (κ1) is 15.2. The van der Waals surface area contributed by atoms with Gasteiger partial charge in [0.15, 0.2) is 0 Å². The summed E-state index contributed by atoms with van der Waals surface area (Å²) in [7, 11) is 0. The minimum Gasteiger partial charge on any atom is -0.399 e. The van der Waals surface area contributed by atoms with Crippen LogP contribution in [0.15, 0.2) is 48.5 Å². The normalized spacial score (nSPS) is 10.9. The highest BCUT2D eigenvalue weighted by molar-refractivity contribution is 6.09. The quantitative estimate of drug-likeness (QED) is 0.528. The zero-order valence-corrected chi connectivity index (χ0v) is 13.6. The second kappa shape index (κ2) is 6.21. The molecule has 0 unspecified atom stereocenters. The fourth-order valence-corrected chi connectivity index (χ4v) is 2.89. The van der Waals surface area contributed by atoms with Crippen LogP contribution < -0.4 is 5.73 Å². The molecule has 0 fully saturated rings. The number of nitrogens with two attached hydrogens (primary N) is 1. The van der Waals surface area contributed by atoms with Crippen LogP contribution >= 0.6 is 0 Å². The maximum atomic E-state index is 8.31. The Hall–Kier alpha value is -2.68. The van der Waals surface area contributed by atoms with Gasteiger partial charge < -0.3 is 11.1 Å². The van der Waals surface area contributed by atoms with E-state index in [1.807, 2.05) is 37.3 Å². The number of fused-ring (bicyclic) bond motifs is 1. The molecule has 0 aliphatic rings. The SMILES string of the molecule is CCCC(=N)c1cc(C)nc2cc(-c3cccc(N)c3)ccc12. The summed E-state index contributed by atoms with van der Waals surface area (Å²) in [5.74, 6) is 0.